The van der Waals surface area contributed by atoms with Crippen LogP contribution in [0.15, 0.2) is 24.3 Å². The number of nitrogens with one attached hydrogen (secondary N) is 1. The first-order chi connectivity index (χ1) is 9.05. The quantitative estimate of drug-likeness (QED) is 0.880. The Labute approximate surface area is 119 Å². The van der Waals surface area contributed by atoms with E-state index >= 15 is 0 Å². The van der Waals surface area contributed by atoms with Gasteiger partial charge in [-0.2, -0.15) is 13.2 Å². The molecular weight excluding hydrogens is 293 g/mol. The van der Waals surface area contributed by atoms with Gasteiger partial charge in [-0.25, -0.2) is 0 Å². The molecule has 108 valence electrons. The molecule has 0 amide bonds. The second kappa shape index (κ2) is 5.41. The minimum atomic E-state index is -4.34. The van der Waals surface area contributed by atoms with Crippen LogP contribution in [0.4, 0.5) is 13.2 Å². The van der Waals surface area contributed by atoms with Crippen LogP contribution in [-0.4, -0.2) is 21.3 Å². The lowest BCUT2D eigenvalue weighted by Crippen LogP contribution is -2.28. The Morgan fingerprint density at radius 3 is 2.75 bits per heavy atom. The van der Waals surface area contributed by atoms with Crippen molar-refractivity contribution in [1.29, 1.82) is 0 Å². The Kier molecular flexibility index (Phi) is 4.01. The molecule has 2 aromatic rings. The number of fused-ring (bicyclic) bond motifs is 1. The van der Waals surface area contributed by atoms with E-state index in [1.807, 2.05) is 4.57 Å². The highest BCUT2D eigenvalue weighted by Crippen LogP contribution is 2.31. The van der Waals surface area contributed by atoms with Gasteiger partial charge in [-0.1, -0.05) is 12.1 Å². The fourth-order valence-corrected chi connectivity index (χ4v) is 2.14. The molecule has 0 saturated heterocycles. The van der Waals surface area contributed by atoms with E-state index in [0.717, 1.165) is 24.5 Å². The van der Waals surface area contributed by atoms with Gasteiger partial charge >= 0.3 is 6.18 Å². The van der Waals surface area contributed by atoms with Gasteiger partial charge in [0.25, 0.3) is 0 Å². The van der Waals surface area contributed by atoms with E-state index in [9.17, 15) is 13.2 Å². The molecule has 1 aromatic heterocycles. The van der Waals surface area contributed by atoms with Gasteiger partial charge < -0.3 is 9.88 Å². The molecule has 1 aliphatic heterocycles. The van der Waals surface area contributed by atoms with Gasteiger partial charge in [0.15, 0.2) is 5.82 Å². The number of benzene rings is 1. The molecule has 1 aliphatic rings. The summed E-state index contributed by atoms with van der Waals surface area (Å²) in [6, 6.07) is 5.17. The molecule has 8 heteroatoms. The van der Waals surface area contributed by atoms with Crippen molar-refractivity contribution in [2.45, 2.75) is 19.3 Å². The fourth-order valence-electron chi connectivity index (χ4n) is 2.14. The van der Waals surface area contributed by atoms with Gasteiger partial charge in [-0.05, 0) is 12.1 Å². The van der Waals surface area contributed by atoms with Crippen molar-refractivity contribution in [3.8, 4) is 11.4 Å². The Morgan fingerprint density at radius 2 is 2.00 bits per heavy atom. The van der Waals surface area contributed by atoms with Gasteiger partial charge in [-0.15, -0.1) is 22.6 Å². The SMILES string of the molecule is Cl.FC(F)(F)c1cccc(-c2nnc3n2CCNC3)c1. The minimum absolute atomic E-state index is 0. The third-order valence-electron chi connectivity index (χ3n) is 3.07. The largest absolute Gasteiger partial charge is 0.416 e. The highest BCUT2D eigenvalue weighted by atomic mass is 35.5. The van der Waals surface area contributed by atoms with Crippen LogP contribution in [0.1, 0.15) is 11.4 Å². The average Bonchev–Trinajstić information content (AvgIpc) is 2.82. The van der Waals surface area contributed by atoms with Gasteiger partial charge in [0.1, 0.15) is 5.82 Å². The van der Waals surface area contributed by atoms with Crippen LogP contribution < -0.4 is 5.32 Å². The highest BCUT2D eigenvalue weighted by Gasteiger charge is 2.31. The van der Waals surface area contributed by atoms with Crippen LogP contribution in [0.2, 0.25) is 0 Å². The van der Waals surface area contributed by atoms with Crippen molar-refractivity contribution in [2.24, 2.45) is 0 Å². The summed E-state index contributed by atoms with van der Waals surface area (Å²) in [5.41, 5.74) is -0.230. The molecule has 0 radical (unpaired) electrons. The average molecular weight is 305 g/mol. The molecule has 1 N–H and O–H groups in total. The first-order valence-electron chi connectivity index (χ1n) is 5.86. The Bertz CT molecular complexity index is 609. The number of hydrogen-bond donors (Lipinski definition) is 1. The standard InChI is InChI=1S/C12H11F3N4.ClH/c13-12(14,15)9-3-1-2-8(6-9)11-18-17-10-7-16-4-5-19(10)11;/h1-3,6,16H,4-5,7H2;1H. The second-order valence-corrected chi connectivity index (χ2v) is 4.35. The highest BCUT2D eigenvalue weighted by molar-refractivity contribution is 5.85. The maximum absolute atomic E-state index is 12.7. The molecule has 1 aromatic carbocycles. The summed E-state index contributed by atoms with van der Waals surface area (Å²) in [4.78, 5) is 0. The molecule has 0 fully saturated rings. The Balaban J connectivity index is 0.00000147. The number of aromatic nitrogens is 3. The lowest BCUT2D eigenvalue weighted by atomic mass is 10.1. The molecule has 0 atom stereocenters. The maximum Gasteiger partial charge on any atom is 0.416 e. The predicted octanol–water partition coefficient (Wildman–Crippen LogP) is 2.49. The first-order valence-corrected chi connectivity index (χ1v) is 5.86. The summed E-state index contributed by atoms with van der Waals surface area (Å²) in [6.07, 6.45) is -4.34. The fraction of sp³-hybridized carbons (Fsp3) is 0.333. The van der Waals surface area contributed by atoms with Crippen LogP contribution in [0, 0.1) is 0 Å². The number of halogens is 4. The molecule has 20 heavy (non-hydrogen) atoms. The minimum Gasteiger partial charge on any atom is -0.309 e. The summed E-state index contributed by atoms with van der Waals surface area (Å²) in [6.45, 7) is 2.01. The van der Waals surface area contributed by atoms with Gasteiger partial charge in [-0.3, -0.25) is 0 Å². The summed E-state index contributed by atoms with van der Waals surface area (Å²) in [5, 5.41) is 11.1. The summed E-state index contributed by atoms with van der Waals surface area (Å²) in [5.74, 6) is 1.24. The molecule has 0 spiro atoms. The van der Waals surface area contributed by atoms with Crippen LogP contribution >= 0.6 is 12.4 Å². The summed E-state index contributed by atoms with van der Waals surface area (Å²) >= 11 is 0. The number of alkyl halides is 3. The van der Waals surface area contributed by atoms with Crippen molar-refractivity contribution >= 4 is 12.4 Å². The normalized spacial score (nSPS) is 14.6. The monoisotopic (exact) mass is 304 g/mol. The van der Waals surface area contributed by atoms with Crippen molar-refractivity contribution in [3.05, 3.63) is 35.7 Å². The smallest absolute Gasteiger partial charge is 0.309 e. The lowest BCUT2D eigenvalue weighted by molar-refractivity contribution is -0.137. The molecule has 2 heterocycles. The zero-order valence-electron chi connectivity index (χ0n) is 10.3. The molecule has 0 bridgehead atoms. The molecule has 3 rings (SSSR count). The van der Waals surface area contributed by atoms with Crippen molar-refractivity contribution < 1.29 is 13.2 Å². The zero-order valence-corrected chi connectivity index (χ0v) is 11.1. The van der Waals surface area contributed by atoms with E-state index in [1.165, 1.54) is 6.07 Å². The molecule has 4 nitrogen and oxygen atoms in total. The van der Waals surface area contributed by atoms with E-state index < -0.39 is 11.7 Å². The van der Waals surface area contributed by atoms with Crippen LogP contribution in [-0.2, 0) is 19.3 Å². The number of rotatable bonds is 1. The molecule has 0 aliphatic carbocycles. The van der Waals surface area contributed by atoms with E-state index in [0.29, 0.717) is 24.5 Å². The second-order valence-electron chi connectivity index (χ2n) is 4.35. The van der Waals surface area contributed by atoms with Gasteiger partial charge in [0.05, 0.1) is 12.1 Å². The third-order valence-corrected chi connectivity index (χ3v) is 3.07. The Hall–Kier alpha value is -1.60. The summed E-state index contributed by atoms with van der Waals surface area (Å²) < 4.78 is 39.9. The van der Waals surface area contributed by atoms with Crippen molar-refractivity contribution in [3.63, 3.8) is 0 Å². The number of nitrogens with zero attached hydrogens (tertiary/aromatic N) is 3. The third kappa shape index (κ3) is 2.64. The maximum atomic E-state index is 12.7. The van der Waals surface area contributed by atoms with Crippen LogP contribution in [0.3, 0.4) is 0 Å². The number of hydrogen-bond acceptors (Lipinski definition) is 3. The predicted molar refractivity (Wildman–Crippen MR) is 69.4 cm³/mol. The van der Waals surface area contributed by atoms with Crippen molar-refractivity contribution in [1.82, 2.24) is 20.1 Å². The van der Waals surface area contributed by atoms with Crippen LogP contribution in [0.25, 0.3) is 11.4 Å². The van der Waals surface area contributed by atoms with Gasteiger partial charge in [0.2, 0.25) is 0 Å². The van der Waals surface area contributed by atoms with Crippen LogP contribution in [0.5, 0.6) is 0 Å². The van der Waals surface area contributed by atoms with Gasteiger partial charge in [0, 0.05) is 18.7 Å². The zero-order chi connectivity index (χ0) is 13.5. The molecule has 0 unspecified atom stereocenters. The van der Waals surface area contributed by atoms with E-state index in [1.54, 1.807) is 6.07 Å². The Morgan fingerprint density at radius 1 is 1.20 bits per heavy atom. The van der Waals surface area contributed by atoms with E-state index in [2.05, 4.69) is 15.5 Å². The topological polar surface area (TPSA) is 42.7 Å². The molecule has 0 saturated carbocycles. The van der Waals surface area contributed by atoms with E-state index in [-0.39, 0.29) is 12.4 Å². The first kappa shape index (κ1) is 14.8. The van der Waals surface area contributed by atoms with E-state index in [4.69, 9.17) is 0 Å². The molecular formula is C12H12ClF3N4. The van der Waals surface area contributed by atoms with Crippen molar-refractivity contribution in [2.75, 3.05) is 6.54 Å². The summed E-state index contributed by atoms with van der Waals surface area (Å²) in [7, 11) is 0. The lowest BCUT2D eigenvalue weighted by Gasteiger charge is -2.16.